The molecule has 2 aromatic carbocycles. The van der Waals surface area contributed by atoms with Crippen LogP contribution in [0.3, 0.4) is 0 Å². The maximum Gasteiger partial charge on any atom is 0.312 e. The van der Waals surface area contributed by atoms with E-state index in [2.05, 4.69) is 10.3 Å². The minimum Gasteiger partial charge on any atom is -0.507 e. The number of nitrogens with one attached hydrogen (secondary N) is 1. The van der Waals surface area contributed by atoms with E-state index in [1.54, 1.807) is 70.2 Å². The number of ketones is 2. The lowest BCUT2D eigenvalue weighted by atomic mass is 9.78. The third-order valence-electron chi connectivity index (χ3n) is 11.0. The number of amides is 1. The van der Waals surface area contributed by atoms with Crippen LogP contribution in [0.4, 0.5) is 5.69 Å². The smallest absolute Gasteiger partial charge is 0.312 e. The molecule has 5 bridgehead atoms. The topological polar surface area (TPSA) is 216 Å². The van der Waals surface area contributed by atoms with Gasteiger partial charge >= 0.3 is 11.8 Å². The number of hydrogen-bond donors (Lipinski definition) is 5. The summed E-state index contributed by atoms with van der Waals surface area (Å²) < 4.78 is 23.6. The number of carbonyl (C=O) groups is 4. The normalized spacial score (nSPS) is 31.7. The molecular formula is C43H51N3O11. The van der Waals surface area contributed by atoms with E-state index < -0.39 is 88.8 Å². The Bertz CT molecular complexity index is 2100. The minimum absolute atomic E-state index is 0.0529. The maximum atomic E-state index is 14.4. The highest BCUT2D eigenvalue weighted by Gasteiger charge is 2.52. The molecule has 57 heavy (non-hydrogen) atoms. The zero-order valence-electron chi connectivity index (χ0n) is 33.5. The lowest BCUT2D eigenvalue weighted by molar-refractivity contribution is -0.160. The average Bonchev–Trinajstić information content (AvgIpc) is 3.44. The van der Waals surface area contributed by atoms with Crippen molar-refractivity contribution in [2.45, 2.75) is 85.6 Å². The number of esters is 1. The molecular weight excluding hydrogens is 734 g/mol. The molecule has 0 radical (unpaired) electrons. The Morgan fingerprint density at radius 2 is 1.61 bits per heavy atom. The fourth-order valence-electron chi connectivity index (χ4n) is 7.49. The van der Waals surface area contributed by atoms with Crippen LogP contribution in [0.1, 0.15) is 80.3 Å². The largest absolute Gasteiger partial charge is 0.507 e. The van der Waals surface area contributed by atoms with Crippen LogP contribution in [0, 0.1) is 30.6 Å². The molecule has 0 spiro atoms. The van der Waals surface area contributed by atoms with E-state index >= 15 is 0 Å². The van der Waals surface area contributed by atoms with Crippen molar-refractivity contribution in [3.05, 3.63) is 94.4 Å². The predicted molar refractivity (Wildman–Crippen MR) is 212 cm³/mol. The van der Waals surface area contributed by atoms with Crippen molar-refractivity contribution in [2.75, 3.05) is 12.4 Å². The van der Waals surface area contributed by atoms with Crippen LogP contribution in [0.15, 0.2) is 77.2 Å². The molecule has 0 aromatic heterocycles. The fraction of sp³-hybridized carbons (Fsp3) is 0.419. The Balaban J connectivity index is 1.71. The molecule has 14 heteroatoms. The number of aliphatic imine (C=N–C) groups is 1. The summed E-state index contributed by atoms with van der Waals surface area (Å²) in [5, 5.41) is 37.4. The quantitative estimate of drug-likeness (QED) is 0.254. The van der Waals surface area contributed by atoms with E-state index in [1.807, 2.05) is 0 Å². The molecule has 6 N–H and O–H groups in total. The van der Waals surface area contributed by atoms with E-state index in [0.29, 0.717) is 5.69 Å². The number of aromatic hydroxyl groups is 1. The molecule has 9 unspecified atom stereocenters. The first kappa shape index (κ1) is 42.6. The summed E-state index contributed by atoms with van der Waals surface area (Å²) in [5.74, 6) is -8.03. The molecule has 3 heterocycles. The Labute approximate surface area is 331 Å². The molecule has 304 valence electrons. The highest BCUT2D eigenvalue weighted by Crippen LogP contribution is 2.49. The number of para-hydroxylation sites is 1. The van der Waals surface area contributed by atoms with Gasteiger partial charge in [0.25, 0.3) is 11.7 Å². The summed E-state index contributed by atoms with van der Waals surface area (Å²) in [7, 11) is 1.44. The molecule has 3 aliphatic heterocycles. The third kappa shape index (κ3) is 8.16. The lowest BCUT2D eigenvalue weighted by Gasteiger charge is -2.38. The summed E-state index contributed by atoms with van der Waals surface area (Å²) in [5.41, 5.74) is 6.29. The van der Waals surface area contributed by atoms with E-state index in [4.69, 9.17) is 24.7 Å². The number of benzene rings is 2. The van der Waals surface area contributed by atoms with E-state index in [-0.39, 0.29) is 45.0 Å². The molecule has 6 rings (SSSR count). The van der Waals surface area contributed by atoms with Crippen LogP contribution < -0.4 is 15.8 Å². The van der Waals surface area contributed by atoms with Crippen molar-refractivity contribution in [1.29, 1.82) is 0 Å². The molecule has 0 fully saturated rings. The van der Waals surface area contributed by atoms with Gasteiger partial charge in [-0.15, -0.1) is 0 Å². The van der Waals surface area contributed by atoms with Gasteiger partial charge in [0.2, 0.25) is 5.78 Å². The second kappa shape index (κ2) is 16.9. The van der Waals surface area contributed by atoms with Gasteiger partial charge in [-0.3, -0.25) is 19.2 Å². The van der Waals surface area contributed by atoms with E-state index in [0.717, 1.165) is 0 Å². The summed E-state index contributed by atoms with van der Waals surface area (Å²) in [4.78, 5) is 59.0. The first-order valence-electron chi connectivity index (χ1n) is 18.7. The number of Topliss-reactive ketones (excluding diaryl/α,β-unsaturated/α-hetero) is 2. The molecule has 2 aromatic rings. The second-order valence-corrected chi connectivity index (χ2v) is 15.1. The first-order valence-corrected chi connectivity index (χ1v) is 18.7. The highest BCUT2D eigenvalue weighted by molar-refractivity contribution is 6.57. The predicted octanol–water partition coefficient (Wildman–Crippen LogP) is 5.15. The van der Waals surface area contributed by atoms with Crippen LogP contribution in [0.5, 0.6) is 11.5 Å². The molecule has 14 nitrogen and oxygen atoms in total. The molecule has 0 saturated heterocycles. The number of phenols is 1. The number of carbonyl (C=O) groups excluding carboxylic acids is 4. The fourth-order valence-corrected chi connectivity index (χ4v) is 7.49. The number of fused-ring (bicyclic) bond motifs is 13. The minimum atomic E-state index is -2.02. The first-order chi connectivity index (χ1) is 26.8. The Kier molecular flexibility index (Phi) is 12.6. The number of phenolic OH excluding ortho intramolecular Hbond substituents is 1. The number of methoxy groups -OCH3 is 1. The monoisotopic (exact) mass is 785 g/mol. The molecule has 0 saturated carbocycles. The van der Waals surface area contributed by atoms with Gasteiger partial charge in [-0.25, -0.2) is 4.99 Å². The molecule has 1 amide bonds. The summed E-state index contributed by atoms with van der Waals surface area (Å²) in [6, 6.07) is 8.68. The number of hydrogen-bond acceptors (Lipinski definition) is 13. The van der Waals surface area contributed by atoms with Crippen molar-refractivity contribution in [1.82, 2.24) is 0 Å². The van der Waals surface area contributed by atoms with Gasteiger partial charge in [0.05, 0.1) is 47.1 Å². The number of rotatable bonds is 4. The summed E-state index contributed by atoms with van der Waals surface area (Å²) in [6.07, 6.45) is 3.54. The standard InChI is InChI=1S/C43H51N3O11/c1-20-14-13-15-21(2)42(53)46-34-33(45-27-16-11-10-12-17-27)32(44)29-30(38(34)51)37(50)25(6)40-31(29)41(52)43(8,57-40)55-19-18-28(54-9)22(3)39(56-26(7)47)24(5)36(49)23(4)35(20)48/h10-20,22-24,28,35-36,39,45,48-50H,44H2,1-9H3/b14-13+,19-18-,21-15+,46-34?. The van der Waals surface area contributed by atoms with Crippen molar-refractivity contribution >= 4 is 40.5 Å². The van der Waals surface area contributed by atoms with Crippen molar-refractivity contribution < 1.29 is 53.4 Å². The SMILES string of the molecule is COC1/C=C\OC2(C)Oc3c(C)c(O)c4c(c3C2=O)C(N)=C(Nc2ccccc2)C(=NC(=O)/C(C)=C/C=C/C(C)C(O)C(C)C(O)C(C)C(OC(C)=O)C1C)C4=O. The van der Waals surface area contributed by atoms with Crippen LogP contribution in [-0.4, -0.2) is 81.8 Å². The zero-order chi connectivity index (χ0) is 42.1. The number of aliphatic hydroxyl groups excluding tert-OH is 2. The van der Waals surface area contributed by atoms with Gasteiger partial charge < -0.3 is 45.3 Å². The van der Waals surface area contributed by atoms with Crippen molar-refractivity contribution in [2.24, 2.45) is 34.4 Å². The highest BCUT2D eigenvalue weighted by atomic mass is 16.7. The zero-order valence-corrected chi connectivity index (χ0v) is 33.5. The van der Waals surface area contributed by atoms with E-state index in [1.165, 1.54) is 53.2 Å². The number of nitrogens with two attached hydrogens (primary N) is 1. The second-order valence-electron chi connectivity index (χ2n) is 15.1. The lowest BCUT2D eigenvalue weighted by Crippen LogP contribution is -2.46. The molecule has 1 aliphatic carbocycles. The number of nitrogens with zero attached hydrogens (tertiary/aromatic N) is 1. The Morgan fingerprint density at radius 3 is 2.25 bits per heavy atom. The van der Waals surface area contributed by atoms with Crippen molar-refractivity contribution in [3.63, 3.8) is 0 Å². The third-order valence-corrected chi connectivity index (χ3v) is 11.0. The summed E-state index contributed by atoms with van der Waals surface area (Å²) >= 11 is 0. The molecule has 4 aliphatic rings. The van der Waals surface area contributed by atoms with E-state index in [9.17, 15) is 34.5 Å². The van der Waals surface area contributed by atoms with Crippen LogP contribution in [0.2, 0.25) is 0 Å². The number of allylic oxidation sites excluding steroid dienone is 3. The molecule has 9 atom stereocenters. The number of aliphatic hydroxyl groups is 2. The van der Waals surface area contributed by atoms with Crippen LogP contribution in [-0.2, 0) is 23.8 Å². The number of ether oxygens (including phenoxy) is 4. The van der Waals surface area contributed by atoms with Gasteiger partial charge in [-0.1, -0.05) is 64.1 Å². The van der Waals surface area contributed by atoms with Gasteiger partial charge in [-0.2, -0.15) is 0 Å². The van der Waals surface area contributed by atoms with Gasteiger partial charge in [0.15, 0.2) is 0 Å². The van der Waals surface area contributed by atoms with Gasteiger partial charge in [-0.05, 0) is 32.1 Å². The Hall–Kier alpha value is -5.57. The average molecular weight is 786 g/mol. The van der Waals surface area contributed by atoms with Gasteiger partial charge in [0.1, 0.15) is 23.3 Å². The Morgan fingerprint density at radius 1 is 0.947 bits per heavy atom. The number of anilines is 1. The maximum absolute atomic E-state index is 14.4. The summed E-state index contributed by atoms with van der Waals surface area (Å²) in [6.45, 7) is 12.5. The van der Waals surface area contributed by atoms with Gasteiger partial charge in [0, 0.05) is 67.0 Å². The van der Waals surface area contributed by atoms with Crippen LogP contribution >= 0.6 is 0 Å². The van der Waals surface area contributed by atoms with Crippen molar-refractivity contribution in [3.8, 4) is 11.5 Å². The van der Waals surface area contributed by atoms with Crippen LogP contribution in [0.25, 0.3) is 5.70 Å².